The second kappa shape index (κ2) is 7.65. The Balaban J connectivity index is 1.79. The molecule has 1 atom stereocenters. The first-order chi connectivity index (χ1) is 15.0. The summed E-state index contributed by atoms with van der Waals surface area (Å²) in [4.78, 5) is 9.39. The minimum Gasteiger partial charge on any atom is -0.438 e. The van der Waals surface area contributed by atoms with Crippen molar-refractivity contribution in [2.24, 2.45) is 0 Å². The Bertz CT molecular complexity index is 1190. The van der Waals surface area contributed by atoms with Gasteiger partial charge in [-0.1, -0.05) is 18.2 Å². The lowest BCUT2D eigenvalue weighted by Crippen LogP contribution is -2.31. The summed E-state index contributed by atoms with van der Waals surface area (Å²) in [6.07, 6.45) is 3.23. The fourth-order valence-corrected chi connectivity index (χ4v) is 4.73. The zero-order valence-electron chi connectivity index (χ0n) is 18.3. The van der Waals surface area contributed by atoms with Crippen molar-refractivity contribution in [1.82, 2.24) is 9.88 Å². The zero-order chi connectivity index (χ0) is 21.7. The molecule has 0 N–H and O–H groups in total. The standard InChI is InChI=1S/C25H27FN4O/c1-15-20(13-27)22-24(31-25(28-22)17-7-8-17)23(30-10-9-19(14-30)29(2)3)21(15)18-6-4-5-16(11-18)12-26/h4-6,11,17,19H,7-10,12,14H2,1-3H3/t19-/m0/s1. The Hall–Kier alpha value is -2.91. The Labute approximate surface area is 182 Å². The molecule has 31 heavy (non-hydrogen) atoms. The number of hydrogen-bond donors (Lipinski definition) is 0. The first-order valence-electron chi connectivity index (χ1n) is 11.0. The third-order valence-electron chi connectivity index (χ3n) is 6.70. The third kappa shape index (κ3) is 3.37. The van der Waals surface area contributed by atoms with Gasteiger partial charge in [0.2, 0.25) is 0 Å². The van der Waals surface area contributed by atoms with E-state index in [2.05, 4.69) is 30.0 Å². The largest absolute Gasteiger partial charge is 0.438 e. The number of halogens is 1. The summed E-state index contributed by atoms with van der Waals surface area (Å²) in [5, 5.41) is 10.0. The van der Waals surface area contributed by atoms with Gasteiger partial charge in [0.05, 0.1) is 11.3 Å². The molecule has 1 saturated heterocycles. The molecule has 2 aromatic carbocycles. The molecular weight excluding hydrogens is 391 g/mol. The minimum atomic E-state index is -0.518. The Morgan fingerprint density at radius 2 is 2.10 bits per heavy atom. The van der Waals surface area contributed by atoms with Crippen molar-refractivity contribution in [3.05, 3.63) is 46.8 Å². The molecule has 0 radical (unpaired) electrons. The van der Waals surface area contributed by atoms with Crippen LogP contribution in [0.15, 0.2) is 28.7 Å². The van der Waals surface area contributed by atoms with Gasteiger partial charge in [-0.05, 0) is 63.0 Å². The van der Waals surface area contributed by atoms with Crippen LogP contribution in [-0.4, -0.2) is 43.1 Å². The van der Waals surface area contributed by atoms with Gasteiger partial charge in [0.25, 0.3) is 0 Å². The predicted octanol–water partition coefficient (Wildman–Crippen LogP) is 5.16. The summed E-state index contributed by atoms with van der Waals surface area (Å²) in [5.41, 5.74) is 6.29. The molecule has 1 aromatic heterocycles. The van der Waals surface area contributed by atoms with Gasteiger partial charge < -0.3 is 14.2 Å². The van der Waals surface area contributed by atoms with Crippen LogP contribution >= 0.6 is 0 Å². The number of anilines is 1. The van der Waals surface area contributed by atoms with Crippen molar-refractivity contribution in [2.75, 3.05) is 32.1 Å². The fourth-order valence-electron chi connectivity index (χ4n) is 4.73. The molecule has 3 aromatic rings. The third-order valence-corrected chi connectivity index (χ3v) is 6.70. The molecule has 1 aliphatic heterocycles. The van der Waals surface area contributed by atoms with E-state index in [0.717, 1.165) is 60.6 Å². The minimum absolute atomic E-state index is 0.360. The maximum atomic E-state index is 13.5. The number of alkyl halides is 1. The number of rotatable bonds is 5. The highest BCUT2D eigenvalue weighted by Crippen LogP contribution is 2.47. The predicted molar refractivity (Wildman–Crippen MR) is 120 cm³/mol. The van der Waals surface area contributed by atoms with Gasteiger partial charge in [0.1, 0.15) is 18.3 Å². The van der Waals surface area contributed by atoms with Crippen LogP contribution in [0, 0.1) is 18.3 Å². The van der Waals surface area contributed by atoms with Crippen molar-refractivity contribution in [2.45, 2.75) is 44.8 Å². The van der Waals surface area contributed by atoms with E-state index >= 15 is 0 Å². The Kier molecular flexibility index (Phi) is 4.94. The quantitative estimate of drug-likeness (QED) is 0.573. The van der Waals surface area contributed by atoms with Gasteiger partial charge in [-0.15, -0.1) is 0 Å². The molecule has 2 fully saturated rings. The Morgan fingerprint density at radius 3 is 2.74 bits per heavy atom. The number of fused-ring (bicyclic) bond motifs is 1. The normalized spacial score (nSPS) is 18.8. The highest BCUT2D eigenvalue weighted by atomic mass is 19.1. The van der Waals surface area contributed by atoms with Gasteiger partial charge in [0, 0.05) is 30.6 Å². The second-order valence-corrected chi connectivity index (χ2v) is 9.03. The van der Waals surface area contributed by atoms with E-state index < -0.39 is 6.67 Å². The van der Waals surface area contributed by atoms with E-state index in [0.29, 0.717) is 34.2 Å². The first-order valence-corrected chi connectivity index (χ1v) is 11.0. The van der Waals surface area contributed by atoms with Crippen LogP contribution in [0.5, 0.6) is 0 Å². The molecule has 0 bridgehead atoms. The SMILES string of the molecule is Cc1c(-c2cccc(CF)c2)c(N2CC[C@H](N(C)C)C2)c2oc(C3CC3)nc2c1C#N. The summed E-state index contributed by atoms with van der Waals surface area (Å²) >= 11 is 0. The van der Waals surface area contributed by atoms with Gasteiger partial charge in [-0.2, -0.15) is 5.26 Å². The van der Waals surface area contributed by atoms with E-state index in [1.54, 1.807) is 6.07 Å². The second-order valence-electron chi connectivity index (χ2n) is 9.03. The Morgan fingerprint density at radius 1 is 1.29 bits per heavy atom. The number of likely N-dealkylation sites (N-methyl/N-ethyl adjacent to an activating group) is 1. The molecule has 2 aliphatic rings. The molecular formula is C25H27FN4O. The van der Waals surface area contributed by atoms with Crippen LogP contribution in [0.3, 0.4) is 0 Å². The topological polar surface area (TPSA) is 56.3 Å². The van der Waals surface area contributed by atoms with E-state index in [4.69, 9.17) is 9.40 Å². The molecule has 1 aliphatic carbocycles. The number of hydrogen-bond acceptors (Lipinski definition) is 5. The summed E-state index contributed by atoms with van der Waals surface area (Å²) in [6.45, 7) is 3.24. The van der Waals surface area contributed by atoms with E-state index in [1.807, 2.05) is 25.1 Å². The highest BCUT2D eigenvalue weighted by Gasteiger charge is 2.34. The highest BCUT2D eigenvalue weighted by molar-refractivity contribution is 6.02. The molecule has 0 amide bonds. The average molecular weight is 419 g/mol. The van der Waals surface area contributed by atoms with Crippen molar-refractivity contribution >= 4 is 16.8 Å². The molecule has 0 unspecified atom stereocenters. The molecule has 5 rings (SSSR count). The van der Waals surface area contributed by atoms with Crippen LogP contribution in [0.2, 0.25) is 0 Å². The molecule has 5 nitrogen and oxygen atoms in total. The summed E-state index contributed by atoms with van der Waals surface area (Å²) in [6, 6.07) is 10.4. The first kappa shape index (κ1) is 20.0. The van der Waals surface area contributed by atoms with Crippen molar-refractivity contribution in [3.63, 3.8) is 0 Å². The van der Waals surface area contributed by atoms with Gasteiger partial charge >= 0.3 is 0 Å². The lowest BCUT2D eigenvalue weighted by atomic mass is 9.92. The van der Waals surface area contributed by atoms with Gasteiger partial charge in [-0.3, -0.25) is 0 Å². The van der Waals surface area contributed by atoms with Crippen LogP contribution in [-0.2, 0) is 6.67 Å². The lowest BCUT2D eigenvalue weighted by molar-refractivity contribution is 0.315. The van der Waals surface area contributed by atoms with Gasteiger partial charge in [-0.25, -0.2) is 9.37 Å². The molecule has 6 heteroatoms. The monoisotopic (exact) mass is 418 g/mol. The number of aromatic nitrogens is 1. The number of nitriles is 1. The number of nitrogens with zero attached hydrogens (tertiary/aromatic N) is 4. The van der Waals surface area contributed by atoms with Crippen LogP contribution in [0.1, 0.15) is 47.8 Å². The van der Waals surface area contributed by atoms with Crippen molar-refractivity contribution < 1.29 is 8.81 Å². The summed E-state index contributed by atoms with van der Waals surface area (Å²) in [7, 11) is 4.22. The molecule has 160 valence electrons. The maximum absolute atomic E-state index is 13.5. The zero-order valence-corrected chi connectivity index (χ0v) is 18.3. The van der Waals surface area contributed by atoms with Crippen LogP contribution in [0.25, 0.3) is 22.2 Å². The summed E-state index contributed by atoms with van der Waals surface area (Å²) < 4.78 is 19.8. The lowest BCUT2D eigenvalue weighted by Gasteiger charge is -2.26. The van der Waals surface area contributed by atoms with Gasteiger partial charge in [0.15, 0.2) is 11.5 Å². The average Bonchev–Trinajstić information content (AvgIpc) is 3.33. The van der Waals surface area contributed by atoms with E-state index in [1.165, 1.54) is 0 Å². The fraction of sp³-hybridized carbons (Fsp3) is 0.440. The molecule has 1 saturated carbocycles. The maximum Gasteiger partial charge on any atom is 0.198 e. The summed E-state index contributed by atoms with van der Waals surface area (Å²) in [5.74, 6) is 1.10. The smallest absolute Gasteiger partial charge is 0.198 e. The number of benzene rings is 2. The van der Waals surface area contributed by atoms with Crippen molar-refractivity contribution in [3.8, 4) is 17.2 Å². The van der Waals surface area contributed by atoms with Crippen molar-refractivity contribution in [1.29, 1.82) is 5.26 Å². The molecule has 2 heterocycles. The molecule has 0 spiro atoms. The van der Waals surface area contributed by atoms with Crippen LogP contribution < -0.4 is 4.90 Å². The van der Waals surface area contributed by atoms with E-state index in [-0.39, 0.29) is 0 Å². The number of oxazole rings is 1. The van der Waals surface area contributed by atoms with E-state index in [9.17, 15) is 9.65 Å². The van der Waals surface area contributed by atoms with Crippen LogP contribution in [0.4, 0.5) is 10.1 Å².